The number of nitrogens with zero attached hydrogens (tertiary/aromatic N) is 1. The first-order valence-corrected chi connectivity index (χ1v) is 9.51. The summed E-state index contributed by atoms with van der Waals surface area (Å²) in [4.78, 5) is 39.5. The van der Waals surface area contributed by atoms with Crippen molar-refractivity contribution in [2.24, 2.45) is 5.92 Å². The predicted octanol–water partition coefficient (Wildman–Crippen LogP) is 3.47. The highest BCUT2D eigenvalue weighted by molar-refractivity contribution is 7.09. The number of nitrogens with one attached hydrogen (secondary N) is 1. The third-order valence-electron chi connectivity index (χ3n) is 3.48. The van der Waals surface area contributed by atoms with E-state index < -0.39 is 29.7 Å². The van der Waals surface area contributed by atoms with E-state index >= 15 is 0 Å². The van der Waals surface area contributed by atoms with Crippen LogP contribution in [0.3, 0.4) is 0 Å². The Balaban J connectivity index is 2.97. The van der Waals surface area contributed by atoms with Crippen LogP contribution >= 0.6 is 11.3 Å². The summed E-state index contributed by atoms with van der Waals surface area (Å²) in [6, 6.07) is -0.324. The van der Waals surface area contributed by atoms with Crippen LogP contribution in [0.4, 0.5) is 4.79 Å². The van der Waals surface area contributed by atoms with Crippen LogP contribution in [-0.2, 0) is 19.0 Å². The molecule has 0 aromatic carbocycles. The highest BCUT2D eigenvalue weighted by Gasteiger charge is 2.29. The molecule has 2 atom stereocenters. The minimum absolute atomic E-state index is 0.0515. The highest BCUT2D eigenvalue weighted by atomic mass is 32.1. The van der Waals surface area contributed by atoms with Crippen molar-refractivity contribution in [1.29, 1.82) is 0 Å². The van der Waals surface area contributed by atoms with Crippen molar-refractivity contribution in [3.8, 4) is 0 Å². The van der Waals surface area contributed by atoms with E-state index in [1.165, 1.54) is 25.4 Å². The molecule has 0 aliphatic heterocycles. The average Bonchev–Trinajstić information content (AvgIpc) is 3.00. The van der Waals surface area contributed by atoms with Gasteiger partial charge in [0.05, 0.1) is 7.11 Å². The van der Waals surface area contributed by atoms with Gasteiger partial charge in [-0.1, -0.05) is 13.8 Å². The summed E-state index contributed by atoms with van der Waals surface area (Å²) < 4.78 is 15.3. The van der Waals surface area contributed by atoms with Gasteiger partial charge in [0, 0.05) is 24.8 Å². The molecule has 1 aromatic heterocycles. The van der Waals surface area contributed by atoms with E-state index in [0.29, 0.717) is 11.4 Å². The van der Waals surface area contributed by atoms with Crippen molar-refractivity contribution in [3.63, 3.8) is 0 Å². The second-order valence-electron chi connectivity index (χ2n) is 7.39. The fourth-order valence-corrected chi connectivity index (χ4v) is 3.05. The lowest BCUT2D eigenvalue weighted by Gasteiger charge is -2.28. The Kier molecular flexibility index (Phi) is 8.20. The maximum Gasteiger partial charge on any atom is 0.407 e. The molecule has 0 bridgehead atoms. The molecule has 1 aromatic rings. The van der Waals surface area contributed by atoms with Crippen molar-refractivity contribution < 1.29 is 28.6 Å². The molecule has 8 nitrogen and oxygen atoms in total. The van der Waals surface area contributed by atoms with E-state index in [9.17, 15) is 14.4 Å². The van der Waals surface area contributed by atoms with Crippen LogP contribution in [0.25, 0.3) is 0 Å². The third-order valence-corrected chi connectivity index (χ3v) is 4.41. The van der Waals surface area contributed by atoms with Crippen molar-refractivity contribution in [1.82, 2.24) is 10.3 Å². The number of ether oxygens (including phenoxy) is 3. The van der Waals surface area contributed by atoms with Crippen LogP contribution in [0.2, 0.25) is 0 Å². The van der Waals surface area contributed by atoms with Crippen molar-refractivity contribution in [2.45, 2.75) is 65.7 Å². The van der Waals surface area contributed by atoms with E-state index in [2.05, 4.69) is 15.0 Å². The quantitative estimate of drug-likeness (QED) is 0.552. The van der Waals surface area contributed by atoms with Gasteiger partial charge in [-0.3, -0.25) is 4.79 Å². The number of esters is 2. The minimum Gasteiger partial charge on any atom is -0.464 e. The van der Waals surface area contributed by atoms with Gasteiger partial charge in [-0.2, -0.15) is 0 Å². The Morgan fingerprint density at radius 3 is 2.37 bits per heavy atom. The van der Waals surface area contributed by atoms with E-state index in [1.54, 1.807) is 26.2 Å². The topological polar surface area (TPSA) is 104 Å². The molecule has 1 N–H and O–H groups in total. The second-order valence-corrected chi connectivity index (χ2v) is 8.28. The van der Waals surface area contributed by atoms with Gasteiger partial charge in [-0.25, -0.2) is 14.6 Å². The van der Waals surface area contributed by atoms with Crippen LogP contribution in [0.1, 0.15) is 69.6 Å². The lowest BCUT2D eigenvalue weighted by molar-refractivity contribution is -0.147. The van der Waals surface area contributed by atoms with Gasteiger partial charge in [0.1, 0.15) is 10.6 Å². The molecule has 0 aliphatic carbocycles. The molecule has 0 aliphatic rings. The van der Waals surface area contributed by atoms with Crippen LogP contribution in [0, 0.1) is 5.92 Å². The summed E-state index contributed by atoms with van der Waals surface area (Å²) in [5, 5.41) is 4.83. The molecule has 1 heterocycles. The Morgan fingerprint density at radius 2 is 1.89 bits per heavy atom. The summed E-state index contributed by atoms with van der Waals surface area (Å²) in [7, 11) is 1.27. The SMILES string of the molecule is COC(=O)c1csc(C(C[C@@H](NC(=O)OC(C)(C)C)C(C)C)OC(C)=O)n1. The molecule has 0 radical (unpaired) electrons. The zero-order chi connectivity index (χ0) is 20.8. The molecule has 27 heavy (non-hydrogen) atoms. The molecular weight excluding hydrogens is 372 g/mol. The standard InChI is InChI=1S/C18H28N2O6S/c1-10(2)12(20-17(23)26-18(4,5)6)8-14(25-11(3)21)15-19-13(9-27-15)16(22)24-7/h9-10,12,14H,8H2,1-7H3,(H,20,23)/t12-,14?/m1/s1. The fourth-order valence-electron chi connectivity index (χ4n) is 2.22. The predicted molar refractivity (Wildman–Crippen MR) is 101 cm³/mol. The lowest BCUT2D eigenvalue weighted by atomic mass is 9.98. The Morgan fingerprint density at radius 1 is 1.26 bits per heavy atom. The maximum absolute atomic E-state index is 12.1. The first-order chi connectivity index (χ1) is 12.4. The normalized spacial score (nSPS) is 13.6. The number of methoxy groups -OCH3 is 1. The molecular formula is C18H28N2O6S. The van der Waals surface area contributed by atoms with Gasteiger partial charge >= 0.3 is 18.0 Å². The van der Waals surface area contributed by atoms with Crippen molar-refractivity contribution in [3.05, 3.63) is 16.1 Å². The molecule has 9 heteroatoms. The van der Waals surface area contributed by atoms with E-state index in [4.69, 9.17) is 9.47 Å². The minimum atomic E-state index is -0.701. The number of rotatable bonds is 7. The lowest BCUT2D eigenvalue weighted by Crippen LogP contribution is -2.42. The molecule has 1 rings (SSSR count). The van der Waals surface area contributed by atoms with E-state index in [1.807, 2.05) is 13.8 Å². The van der Waals surface area contributed by atoms with Crippen molar-refractivity contribution >= 4 is 29.4 Å². The second kappa shape index (κ2) is 9.68. The molecule has 0 spiro atoms. The molecule has 0 fully saturated rings. The van der Waals surface area contributed by atoms with Crippen LogP contribution in [0.15, 0.2) is 5.38 Å². The number of hydrogen-bond acceptors (Lipinski definition) is 8. The number of hydrogen-bond donors (Lipinski definition) is 1. The Labute approximate surface area is 163 Å². The van der Waals surface area contributed by atoms with Crippen LogP contribution in [-0.4, -0.2) is 41.8 Å². The largest absolute Gasteiger partial charge is 0.464 e. The monoisotopic (exact) mass is 400 g/mol. The average molecular weight is 400 g/mol. The third kappa shape index (κ3) is 7.94. The van der Waals surface area contributed by atoms with Gasteiger partial charge in [0.25, 0.3) is 0 Å². The Hall–Kier alpha value is -2.16. The van der Waals surface area contributed by atoms with Gasteiger partial charge < -0.3 is 19.5 Å². The first kappa shape index (κ1) is 22.9. The van der Waals surface area contributed by atoms with Gasteiger partial charge in [-0.05, 0) is 26.7 Å². The summed E-state index contributed by atoms with van der Waals surface area (Å²) in [6.07, 6.45) is -0.949. The number of aromatic nitrogens is 1. The summed E-state index contributed by atoms with van der Waals surface area (Å²) in [6.45, 7) is 10.5. The number of thiazole rings is 1. The molecule has 0 saturated carbocycles. The maximum atomic E-state index is 12.1. The number of carbonyl (C=O) groups excluding carboxylic acids is 3. The van der Waals surface area contributed by atoms with Crippen LogP contribution < -0.4 is 5.32 Å². The molecule has 1 amide bonds. The van der Waals surface area contributed by atoms with Gasteiger partial charge in [0.15, 0.2) is 11.8 Å². The number of carbonyl (C=O) groups is 3. The molecule has 152 valence electrons. The molecule has 1 unspecified atom stereocenters. The van der Waals surface area contributed by atoms with E-state index in [-0.39, 0.29) is 17.7 Å². The number of alkyl carbamates (subject to hydrolysis) is 1. The van der Waals surface area contributed by atoms with Crippen LogP contribution in [0.5, 0.6) is 0 Å². The summed E-state index contributed by atoms with van der Waals surface area (Å²) in [5.41, 5.74) is -0.470. The zero-order valence-electron chi connectivity index (χ0n) is 16.8. The number of amides is 1. The van der Waals surface area contributed by atoms with Crippen molar-refractivity contribution in [2.75, 3.05) is 7.11 Å². The zero-order valence-corrected chi connectivity index (χ0v) is 17.6. The summed E-state index contributed by atoms with van der Waals surface area (Å²) in [5.74, 6) is -0.989. The van der Waals surface area contributed by atoms with E-state index in [0.717, 1.165) is 0 Å². The highest BCUT2D eigenvalue weighted by Crippen LogP contribution is 2.28. The summed E-state index contributed by atoms with van der Waals surface area (Å²) >= 11 is 1.19. The fraction of sp³-hybridized carbons (Fsp3) is 0.667. The Bertz CT molecular complexity index is 665. The molecule has 0 saturated heterocycles. The smallest absolute Gasteiger partial charge is 0.407 e. The first-order valence-electron chi connectivity index (χ1n) is 8.63. The van der Waals surface area contributed by atoms with Gasteiger partial charge in [0.2, 0.25) is 0 Å². The van der Waals surface area contributed by atoms with Gasteiger partial charge in [-0.15, -0.1) is 11.3 Å².